The molecule has 0 saturated heterocycles. The topological polar surface area (TPSA) is 46.9 Å². The Morgan fingerprint density at radius 3 is 2.48 bits per heavy atom. The molecular weight excluding hydrogens is 354 g/mol. The van der Waals surface area contributed by atoms with Gasteiger partial charge in [-0.2, -0.15) is 5.10 Å². The fourth-order valence-corrected chi connectivity index (χ4v) is 3.73. The number of hydrogen-bond acceptors (Lipinski definition) is 3. The maximum Gasteiger partial charge on any atom is 0.251 e. The number of aryl methyl sites for hydroxylation is 2. The number of carbonyl (C=O) groups is 1. The van der Waals surface area contributed by atoms with Crippen LogP contribution in [0.5, 0.6) is 0 Å². The summed E-state index contributed by atoms with van der Waals surface area (Å²) in [6, 6.07) is 20.2. The number of nitrogens with one attached hydrogen (secondary N) is 1. The molecule has 0 atom stereocenters. The van der Waals surface area contributed by atoms with Crippen molar-refractivity contribution in [2.45, 2.75) is 31.7 Å². The average Bonchev–Trinajstić information content (AvgIpc) is 2.99. The zero-order valence-electron chi connectivity index (χ0n) is 15.8. The highest BCUT2D eigenvalue weighted by atomic mass is 32.2. The third-order valence-electron chi connectivity index (χ3n) is 4.27. The lowest BCUT2D eigenvalue weighted by molar-refractivity contribution is 0.0954. The fourth-order valence-electron chi connectivity index (χ4n) is 2.85. The van der Waals surface area contributed by atoms with E-state index in [0.717, 1.165) is 35.7 Å². The summed E-state index contributed by atoms with van der Waals surface area (Å²) in [4.78, 5) is 13.5. The van der Waals surface area contributed by atoms with E-state index in [-0.39, 0.29) is 5.91 Å². The molecule has 0 aliphatic carbocycles. The summed E-state index contributed by atoms with van der Waals surface area (Å²) in [7, 11) is 0. The van der Waals surface area contributed by atoms with Crippen molar-refractivity contribution in [2.75, 3.05) is 12.3 Å². The Bertz CT molecular complexity index is 872. The van der Waals surface area contributed by atoms with E-state index >= 15 is 0 Å². The van der Waals surface area contributed by atoms with E-state index in [0.29, 0.717) is 12.1 Å². The van der Waals surface area contributed by atoms with Crippen molar-refractivity contribution in [3.63, 3.8) is 0 Å². The summed E-state index contributed by atoms with van der Waals surface area (Å²) in [5.74, 6) is 0.976. The van der Waals surface area contributed by atoms with Crippen molar-refractivity contribution in [2.24, 2.45) is 0 Å². The van der Waals surface area contributed by atoms with Gasteiger partial charge in [-0.05, 0) is 61.9 Å². The second-order valence-electron chi connectivity index (χ2n) is 6.55. The summed E-state index contributed by atoms with van der Waals surface area (Å²) in [6.45, 7) is 5.46. The number of aromatic nitrogens is 2. The van der Waals surface area contributed by atoms with Gasteiger partial charge in [0, 0.05) is 22.7 Å². The highest BCUT2D eigenvalue weighted by Crippen LogP contribution is 2.17. The molecule has 4 nitrogen and oxygen atoms in total. The van der Waals surface area contributed by atoms with E-state index in [1.807, 2.05) is 65.8 Å². The van der Waals surface area contributed by atoms with Crippen LogP contribution in [0.2, 0.25) is 0 Å². The molecule has 0 aliphatic rings. The molecule has 140 valence electrons. The first-order valence-electron chi connectivity index (χ1n) is 9.18. The SMILES string of the molecule is Cc1cc(C)n(Cc2ccc(C(=O)NCCCSc3ccccc3)cc2)n1. The van der Waals surface area contributed by atoms with Crippen molar-refractivity contribution < 1.29 is 4.79 Å². The van der Waals surface area contributed by atoms with Gasteiger partial charge < -0.3 is 5.32 Å². The lowest BCUT2D eigenvalue weighted by atomic mass is 10.1. The average molecular weight is 380 g/mol. The van der Waals surface area contributed by atoms with E-state index in [1.54, 1.807) is 0 Å². The number of carbonyl (C=O) groups excluding carboxylic acids is 1. The van der Waals surface area contributed by atoms with E-state index < -0.39 is 0 Å². The van der Waals surface area contributed by atoms with Crippen LogP contribution in [0.15, 0.2) is 65.6 Å². The number of benzene rings is 2. The van der Waals surface area contributed by atoms with Gasteiger partial charge in [0.15, 0.2) is 0 Å². The van der Waals surface area contributed by atoms with Gasteiger partial charge in [0.1, 0.15) is 0 Å². The monoisotopic (exact) mass is 379 g/mol. The molecule has 1 aromatic heterocycles. The Kier molecular flexibility index (Phi) is 6.71. The molecule has 1 N–H and O–H groups in total. The molecule has 0 bridgehead atoms. The lowest BCUT2D eigenvalue weighted by Crippen LogP contribution is -2.24. The van der Waals surface area contributed by atoms with Crippen LogP contribution >= 0.6 is 11.8 Å². The summed E-state index contributed by atoms with van der Waals surface area (Å²) < 4.78 is 1.98. The second kappa shape index (κ2) is 9.42. The van der Waals surface area contributed by atoms with Crippen LogP contribution in [-0.4, -0.2) is 28.0 Å². The number of amides is 1. The number of thioether (sulfide) groups is 1. The Hall–Kier alpha value is -2.53. The van der Waals surface area contributed by atoms with Gasteiger partial charge in [-0.1, -0.05) is 30.3 Å². The Labute approximate surface area is 165 Å². The zero-order valence-corrected chi connectivity index (χ0v) is 16.6. The van der Waals surface area contributed by atoms with Crippen molar-refractivity contribution in [3.8, 4) is 0 Å². The van der Waals surface area contributed by atoms with E-state index in [4.69, 9.17) is 0 Å². The zero-order chi connectivity index (χ0) is 19.1. The van der Waals surface area contributed by atoms with Crippen LogP contribution in [0.1, 0.15) is 33.7 Å². The Morgan fingerprint density at radius 1 is 1.07 bits per heavy atom. The second-order valence-corrected chi connectivity index (χ2v) is 7.72. The first-order valence-corrected chi connectivity index (χ1v) is 10.2. The molecule has 5 heteroatoms. The smallest absolute Gasteiger partial charge is 0.251 e. The maximum absolute atomic E-state index is 12.3. The van der Waals surface area contributed by atoms with Crippen LogP contribution in [0.3, 0.4) is 0 Å². The van der Waals surface area contributed by atoms with Gasteiger partial charge >= 0.3 is 0 Å². The maximum atomic E-state index is 12.3. The third kappa shape index (κ3) is 5.73. The van der Waals surface area contributed by atoms with Crippen LogP contribution in [0, 0.1) is 13.8 Å². The normalized spacial score (nSPS) is 10.7. The summed E-state index contributed by atoms with van der Waals surface area (Å²) >= 11 is 1.81. The third-order valence-corrected chi connectivity index (χ3v) is 5.37. The van der Waals surface area contributed by atoms with Crippen molar-refractivity contribution in [1.82, 2.24) is 15.1 Å². The Balaban J connectivity index is 1.42. The molecule has 3 rings (SSSR count). The number of nitrogens with zero attached hydrogens (tertiary/aromatic N) is 2. The van der Waals surface area contributed by atoms with Gasteiger partial charge in [-0.3, -0.25) is 9.48 Å². The number of hydrogen-bond donors (Lipinski definition) is 1. The minimum absolute atomic E-state index is 0.0163. The predicted molar refractivity (Wildman–Crippen MR) is 111 cm³/mol. The molecule has 1 heterocycles. The molecule has 0 spiro atoms. The van der Waals surface area contributed by atoms with Gasteiger partial charge in [0.05, 0.1) is 12.2 Å². The highest BCUT2D eigenvalue weighted by molar-refractivity contribution is 7.99. The predicted octanol–water partition coefficient (Wildman–Crippen LogP) is 4.46. The van der Waals surface area contributed by atoms with Crippen molar-refractivity contribution in [1.29, 1.82) is 0 Å². The van der Waals surface area contributed by atoms with Crippen LogP contribution in [-0.2, 0) is 6.54 Å². The molecule has 0 radical (unpaired) electrons. The molecule has 3 aromatic rings. The molecule has 0 saturated carbocycles. The van der Waals surface area contributed by atoms with Gasteiger partial charge in [-0.25, -0.2) is 0 Å². The quantitative estimate of drug-likeness (QED) is 0.464. The molecule has 2 aromatic carbocycles. The molecule has 0 fully saturated rings. The minimum Gasteiger partial charge on any atom is -0.352 e. The molecule has 0 aliphatic heterocycles. The largest absolute Gasteiger partial charge is 0.352 e. The molecule has 1 amide bonds. The van der Waals surface area contributed by atoms with Gasteiger partial charge in [0.2, 0.25) is 0 Å². The minimum atomic E-state index is -0.0163. The van der Waals surface area contributed by atoms with E-state index in [9.17, 15) is 4.79 Å². The molecular formula is C22H25N3OS. The first-order chi connectivity index (χ1) is 13.1. The van der Waals surface area contributed by atoms with E-state index in [2.05, 4.69) is 35.5 Å². The molecule has 0 unspecified atom stereocenters. The lowest BCUT2D eigenvalue weighted by Gasteiger charge is -2.08. The first kappa shape index (κ1) is 19.2. The van der Waals surface area contributed by atoms with Gasteiger partial charge in [0.25, 0.3) is 5.91 Å². The summed E-state index contributed by atoms with van der Waals surface area (Å²) in [6.07, 6.45) is 0.946. The van der Waals surface area contributed by atoms with Gasteiger partial charge in [-0.15, -0.1) is 11.8 Å². The van der Waals surface area contributed by atoms with Crippen molar-refractivity contribution >= 4 is 17.7 Å². The standard InChI is InChI=1S/C22H25N3OS/c1-17-15-18(2)25(24-17)16-19-9-11-20(12-10-19)22(26)23-13-6-14-27-21-7-4-3-5-8-21/h3-5,7-12,15H,6,13-14,16H2,1-2H3,(H,23,26). The van der Waals surface area contributed by atoms with Crippen molar-refractivity contribution in [3.05, 3.63) is 83.2 Å². The molecule has 27 heavy (non-hydrogen) atoms. The van der Waals surface area contributed by atoms with Crippen LogP contribution in [0.25, 0.3) is 0 Å². The summed E-state index contributed by atoms with van der Waals surface area (Å²) in [5, 5.41) is 7.48. The number of rotatable bonds is 8. The summed E-state index contributed by atoms with van der Waals surface area (Å²) in [5.41, 5.74) is 4.00. The van der Waals surface area contributed by atoms with Crippen LogP contribution in [0.4, 0.5) is 0 Å². The van der Waals surface area contributed by atoms with E-state index in [1.165, 1.54) is 4.90 Å². The fraction of sp³-hybridized carbons (Fsp3) is 0.273. The van der Waals surface area contributed by atoms with Crippen LogP contribution < -0.4 is 5.32 Å². The highest BCUT2D eigenvalue weighted by Gasteiger charge is 2.06. The Morgan fingerprint density at radius 2 is 1.81 bits per heavy atom.